The molecule has 88 valence electrons. The molecule has 2 rings (SSSR count). The highest BCUT2D eigenvalue weighted by molar-refractivity contribution is 6.30. The molecule has 0 aromatic heterocycles. The number of rotatable bonds is 3. The third-order valence-electron chi connectivity index (χ3n) is 2.92. The fourth-order valence-corrected chi connectivity index (χ4v) is 2.07. The molecule has 0 bridgehead atoms. The summed E-state index contributed by atoms with van der Waals surface area (Å²) in [6.45, 7) is 2.90. The average molecular weight is 240 g/mol. The van der Waals surface area contributed by atoms with E-state index in [4.69, 9.17) is 16.3 Å². The summed E-state index contributed by atoms with van der Waals surface area (Å²) in [6, 6.07) is 7.87. The summed E-state index contributed by atoms with van der Waals surface area (Å²) in [4.78, 5) is 0. The van der Waals surface area contributed by atoms with Crippen LogP contribution in [0.25, 0.3) is 0 Å². The van der Waals surface area contributed by atoms with E-state index in [1.165, 1.54) is 18.4 Å². The van der Waals surface area contributed by atoms with Crippen LogP contribution in [-0.2, 0) is 11.3 Å². The largest absolute Gasteiger partial charge is 0.373 e. The van der Waals surface area contributed by atoms with Gasteiger partial charge in [0.25, 0.3) is 0 Å². The molecular weight excluding hydrogens is 222 g/mol. The summed E-state index contributed by atoms with van der Waals surface area (Å²) >= 11 is 5.83. The minimum Gasteiger partial charge on any atom is -0.373 e. The van der Waals surface area contributed by atoms with Gasteiger partial charge in [0.05, 0.1) is 12.7 Å². The van der Waals surface area contributed by atoms with E-state index in [9.17, 15) is 0 Å². The third-order valence-corrected chi connectivity index (χ3v) is 3.17. The number of benzene rings is 1. The van der Waals surface area contributed by atoms with Crippen molar-refractivity contribution in [2.75, 3.05) is 13.1 Å². The molecule has 1 aromatic carbocycles. The highest BCUT2D eigenvalue weighted by Crippen LogP contribution is 2.14. The normalized spacial score (nSPS) is 21.7. The van der Waals surface area contributed by atoms with Crippen LogP contribution in [0.2, 0.25) is 5.02 Å². The summed E-state index contributed by atoms with van der Waals surface area (Å²) in [5.41, 5.74) is 1.20. The van der Waals surface area contributed by atoms with E-state index < -0.39 is 0 Å². The van der Waals surface area contributed by atoms with E-state index >= 15 is 0 Å². The van der Waals surface area contributed by atoms with E-state index in [0.717, 1.165) is 24.5 Å². The fourth-order valence-electron chi connectivity index (χ4n) is 1.95. The predicted molar refractivity (Wildman–Crippen MR) is 66.7 cm³/mol. The molecule has 1 atom stereocenters. The summed E-state index contributed by atoms with van der Waals surface area (Å²) in [6.07, 6.45) is 3.91. The van der Waals surface area contributed by atoms with E-state index in [0.29, 0.717) is 12.7 Å². The molecule has 1 unspecified atom stereocenters. The van der Waals surface area contributed by atoms with Crippen molar-refractivity contribution < 1.29 is 4.74 Å². The van der Waals surface area contributed by atoms with Crippen LogP contribution in [0.4, 0.5) is 0 Å². The maximum Gasteiger partial charge on any atom is 0.0720 e. The average Bonchev–Trinajstić information content (AvgIpc) is 2.57. The zero-order valence-corrected chi connectivity index (χ0v) is 10.2. The monoisotopic (exact) mass is 239 g/mol. The van der Waals surface area contributed by atoms with Crippen molar-refractivity contribution >= 4 is 11.6 Å². The molecule has 2 nitrogen and oxygen atoms in total. The Balaban J connectivity index is 1.79. The van der Waals surface area contributed by atoms with E-state index in [1.54, 1.807) is 0 Å². The van der Waals surface area contributed by atoms with Crippen molar-refractivity contribution in [1.29, 1.82) is 0 Å². The Morgan fingerprint density at radius 1 is 1.19 bits per heavy atom. The predicted octanol–water partition coefficient (Wildman–Crippen LogP) is 3.00. The highest BCUT2D eigenvalue weighted by Gasteiger charge is 2.11. The van der Waals surface area contributed by atoms with Gasteiger partial charge in [-0.15, -0.1) is 0 Å². The van der Waals surface area contributed by atoms with E-state index in [1.807, 2.05) is 24.3 Å². The lowest BCUT2D eigenvalue weighted by molar-refractivity contribution is 0.0331. The minimum atomic E-state index is 0.408. The van der Waals surface area contributed by atoms with Gasteiger partial charge in [0, 0.05) is 5.02 Å². The van der Waals surface area contributed by atoms with Crippen molar-refractivity contribution in [1.82, 2.24) is 5.32 Å². The van der Waals surface area contributed by atoms with Gasteiger partial charge in [-0.05, 0) is 50.0 Å². The lowest BCUT2D eigenvalue weighted by Gasteiger charge is -2.14. The topological polar surface area (TPSA) is 21.3 Å². The second-order valence-electron chi connectivity index (χ2n) is 4.24. The maximum absolute atomic E-state index is 5.91. The van der Waals surface area contributed by atoms with Crippen molar-refractivity contribution in [3.8, 4) is 0 Å². The Morgan fingerprint density at radius 3 is 2.81 bits per heavy atom. The number of halogens is 1. The molecule has 1 saturated heterocycles. The first kappa shape index (κ1) is 11.9. The van der Waals surface area contributed by atoms with E-state index in [2.05, 4.69) is 5.32 Å². The lowest BCUT2D eigenvalue weighted by Crippen LogP contribution is -2.17. The van der Waals surface area contributed by atoms with Crippen molar-refractivity contribution in [2.24, 2.45) is 0 Å². The molecule has 3 heteroatoms. The zero-order valence-electron chi connectivity index (χ0n) is 9.42. The maximum atomic E-state index is 5.91. The lowest BCUT2D eigenvalue weighted by atomic mass is 10.1. The van der Waals surface area contributed by atoms with Crippen LogP contribution < -0.4 is 5.32 Å². The molecule has 1 fully saturated rings. The Morgan fingerprint density at radius 2 is 2.00 bits per heavy atom. The summed E-state index contributed by atoms with van der Waals surface area (Å²) < 4.78 is 5.91. The van der Waals surface area contributed by atoms with Gasteiger partial charge < -0.3 is 10.1 Å². The first-order valence-electron chi connectivity index (χ1n) is 5.91. The second kappa shape index (κ2) is 6.24. The van der Waals surface area contributed by atoms with Gasteiger partial charge in [0.2, 0.25) is 0 Å². The van der Waals surface area contributed by atoms with Gasteiger partial charge in [0.15, 0.2) is 0 Å². The Hall–Kier alpha value is -0.570. The fraction of sp³-hybridized carbons (Fsp3) is 0.538. The molecule has 0 amide bonds. The molecule has 1 aliphatic rings. The van der Waals surface area contributed by atoms with Gasteiger partial charge in [-0.2, -0.15) is 0 Å². The third kappa shape index (κ3) is 3.78. The quantitative estimate of drug-likeness (QED) is 0.876. The van der Waals surface area contributed by atoms with Crippen molar-refractivity contribution in [2.45, 2.75) is 32.0 Å². The first-order chi connectivity index (χ1) is 7.84. The Bertz CT molecular complexity index is 304. The smallest absolute Gasteiger partial charge is 0.0720 e. The van der Waals surface area contributed by atoms with Gasteiger partial charge in [0.1, 0.15) is 0 Å². The molecule has 0 aliphatic carbocycles. The number of ether oxygens (including phenoxy) is 1. The zero-order chi connectivity index (χ0) is 11.2. The van der Waals surface area contributed by atoms with Gasteiger partial charge in [-0.3, -0.25) is 0 Å². The molecule has 1 heterocycles. The Labute approximate surface area is 102 Å². The summed E-state index contributed by atoms with van der Waals surface area (Å²) in [5.74, 6) is 0. The number of hydrogen-bond donors (Lipinski definition) is 1. The molecule has 1 aromatic rings. The van der Waals surface area contributed by atoms with Crippen LogP contribution in [0.15, 0.2) is 24.3 Å². The van der Waals surface area contributed by atoms with Crippen LogP contribution in [0.1, 0.15) is 24.8 Å². The molecule has 0 radical (unpaired) electrons. The van der Waals surface area contributed by atoms with Crippen molar-refractivity contribution in [3.05, 3.63) is 34.9 Å². The number of hydrogen-bond acceptors (Lipinski definition) is 2. The second-order valence-corrected chi connectivity index (χ2v) is 4.68. The van der Waals surface area contributed by atoms with Crippen LogP contribution in [0.5, 0.6) is 0 Å². The molecular formula is C13H18ClNO. The van der Waals surface area contributed by atoms with Crippen molar-refractivity contribution in [3.63, 3.8) is 0 Å². The molecule has 0 saturated carbocycles. The molecule has 16 heavy (non-hydrogen) atoms. The van der Waals surface area contributed by atoms with Gasteiger partial charge in [-0.25, -0.2) is 0 Å². The molecule has 0 spiro atoms. The van der Waals surface area contributed by atoms with Crippen LogP contribution in [-0.4, -0.2) is 19.2 Å². The molecule has 1 aliphatic heterocycles. The first-order valence-corrected chi connectivity index (χ1v) is 6.29. The number of nitrogens with one attached hydrogen (secondary N) is 1. The summed E-state index contributed by atoms with van der Waals surface area (Å²) in [7, 11) is 0. The summed E-state index contributed by atoms with van der Waals surface area (Å²) in [5, 5.41) is 4.17. The molecule has 1 N–H and O–H groups in total. The van der Waals surface area contributed by atoms with Gasteiger partial charge in [-0.1, -0.05) is 23.7 Å². The van der Waals surface area contributed by atoms with Gasteiger partial charge >= 0.3 is 0 Å². The minimum absolute atomic E-state index is 0.408. The van der Waals surface area contributed by atoms with Crippen LogP contribution in [0.3, 0.4) is 0 Å². The SMILES string of the molecule is Clc1ccc(COC2CCCNCC2)cc1. The highest BCUT2D eigenvalue weighted by atomic mass is 35.5. The van der Waals surface area contributed by atoms with Crippen LogP contribution in [0, 0.1) is 0 Å². The standard InChI is InChI=1S/C13H18ClNO/c14-12-5-3-11(4-6-12)10-16-13-2-1-8-15-9-7-13/h3-6,13,15H,1-2,7-10H2. The van der Waals surface area contributed by atoms with E-state index in [-0.39, 0.29) is 0 Å². The van der Waals surface area contributed by atoms with Crippen LogP contribution >= 0.6 is 11.6 Å². The Kier molecular flexibility index (Phi) is 4.64.